The highest BCUT2D eigenvalue weighted by Gasteiger charge is 2.70. The number of imide groups is 1. The first-order chi connectivity index (χ1) is 16.7. The molecule has 0 radical (unpaired) electrons. The number of anilines is 2. The normalized spacial score (nSPS) is 26.9. The molecule has 2 saturated heterocycles. The highest BCUT2D eigenvalue weighted by Crippen LogP contribution is 2.55. The van der Waals surface area contributed by atoms with Gasteiger partial charge in [0.05, 0.1) is 23.2 Å². The molecule has 4 amide bonds. The number of amides is 4. The molecular formula is C26H27ClN4O4. The number of fused-ring (bicyclic) bond motifs is 4. The Kier molecular flexibility index (Phi) is 5.68. The van der Waals surface area contributed by atoms with Crippen molar-refractivity contribution in [3.8, 4) is 0 Å². The summed E-state index contributed by atoms with van der Waals surface area (Å²) in [4.78, 5) is 54.1. The fourth-order valence-electron chi connectivity index (χ4n) is 5.83. The lowest BCUT2D eigenvalue weighted by molar-refractivity contribution is -0.130. The first-order valence-electron chi connectivity index (χ1n) is 11.8. The first-order valence-corrected chi connectivity index (χ1v) is 12.2. The summed E-state index contributed by atoms with van der Waals surface area (Å²) >= 11 is 6.28. The van der Waals surface area contributed by atoms with Crippen LogP contribution in [0.5, 0.6) is 0 Å². The van der Waals surface area contributed by atoms with E-state index in [1.165, 1.54) is 0 Å². The molecule has 3 aliphatic heterocycles. The van der Waals surface area contributed by atoms with E-state index in [0.29, 0.717) is 27.5 Å². The van der Waals surface area contributed by atoms with Gasteiger partial charge in [0.2, 0.25) is 23.6 Å². The second kappa shape index (κ2) is 8.46. The van der Waals surface area contributed by atoms with Crippen LogP contribution in [-0.4, -0.2) is 29.7 Å². The number of aryl methyl sites for hydroxylation is 1. The van der Waals surface area contributed by atoms with Gasteiger partial charge < -0.3 is 11.1 Å². The van der Waals surface area contributed by atoms with Gasteiger partial charge in [0, 0.05) is 23.0 Å². The van der Waals surface area contributed by atoms with Gasteiger partial charge >= 0.3 is 0 Å². The summed E-state index contributed by atoms with van der Waals surface area (Å²) < 4.78 is 0. The number of nitrogens with one attached hydrogen (secondary N) is 2. The van der Waals surface area contributed by atoms with E-state index in [1.807, 2.05) is 12.1 Å². The first kappa shape index (κ1) is 23.5. The monoisotopic (exact) mass is 494 g/mol. The van der Waals surface area contributed by atoms with Crippen molar-refractivity contribution >= 4 is 46.6 Å². The average Bonchev–Trinajstić information content (AvgIpc) is 3.40. The van der Waals surface area contributed by atoms with E-state index in [1.54, 1.807) is 31.2 Å². The molecule has 5 rings (SSSR count). The predicted octanol–water partition coefficient (Wildman–Crippen LogP) is 2.79. The third kappa shape index (κ3) is 3.38. The fourth-order valence-corrected chi connectivity index (χ4v) is 5.99. The van der Waals surface area contributed by atoms with Gasteiger partial charge in [-0.1, -0.05) is 43.1 Å². The van der Waals surface area contributed by atoms with Crippen LogP contribution < -0.4 is 21.3 Å². The number of nitrogens with zero attached hydrogens (tertiary/aromatic N) is 1. The van der Waals surface area contributed by atoms with Gasteiger partial charge in [-0.15, -0.1) is 0 Å². The molecule has 0 saturated carbocycles. The van der Waals surface area contributed by atoms with Crippen LogP contribution in [0.2, 0.25) is 5.02 Å². The number of carbonyl (C=O) groups excluding carboxylic acids is 4. The minimum absolute atomic E-state index is 0.180. The van der Waals surface area contributed by atoms with Gasteiger partial charge in [0.25, 0.3) is 0 Å². The number of hydrogen-bond donors (Lipinski definition) is 3. The molecule has 0 aliphatic carbocycles. The lowest BCUT2D eigenvalue weighted by Crippen LogP contribution is -2.53. The molecule has 9 heteroatoms. The summed E-state index contributed by atoms with van der Waals surface area (Å²) in [6, 6.07) is 9.95. The van der Waals surface area contributed by atoms with E-state index in [9.17, 15) is 19.2 Å². The molecule has 3 heterocycles. The van der Waals surface area contributed by atoms with E-state index < -0.39 is 47.0 Å². The summed E-state index contributed by atoms with van der Waals surface area (Å²) in [5.41, 5.74) is 7.30. The summed E-state index contributed by atoms with van der Waals surface area (Å²) in [6.07, 6.45) is 2.85. The predicted molar refractivity (Wildman–Crippen MR) is 132 cm³/mol. The maximum absolute atomic E-state index is 13.9. The minimum atomic E-state index is -1.50. The Balaban J connectivity index is 1.60. The molecule has 35 heavy (non-hydrogen) atoms. The van der Waals surface area contributed by atoms with Crippen molar-refractivity contribution in [1.82, 2.24) is 5.32 Å². The largest absolute Gasteiger partial charge is 0.370 e. The van der Waals surface area contributed by atoms with Gasteiger partial charge in [-0.2, -0.15) is 0 Å². The highest BCUT2D eigenvalue weighted by molar-refractivity contribution is 6.32. The maximum Gasteiger partial charge on any atom is 0.250 e. The zero-order valence-corrected chi connectivity index (χ0v) is 20.3. The molecule has 4 N–H and O–H groups in total. The van der Waals surface area contributed by atoms with E-state index in [4.69, 9.17) is 17.3 Å². The van der Waals surface area contributed by atoms with Crippen molar-refractivity contribution in [3.63, 3.8) is 0 Å². The standard InChI is InChI=1S/C26H27ClN4O4/c1-3-4-5-14-6-8-15(9-7-14)31-23(33)20-18(12-19(28)32)30-26(21(20)24(31)34)16-10-11-17(27)13(2)22(16)29-25(26)35/h6-11,18,20-21,30H,3-5,12H2,1-2H3,(H2,28,32)(H,29,35)/t18-,20+,21+,26-/m1/s1. The quantitative estimate of drug-likeness (QED) is 0.533. The van der Waals surface area contributed by atoms with Crippen LogP contribution in [0.25, 0.3) is 0 Å². The van der Waals surface area contributed by atoms with Crippen LogP contribution in [0.15, 0.2) is 36.4 Å². The molecule has 0 aromatic heterocycles. The highest BCUT2D eigenvalue weighted by atomic mass is 35.5. The van der Waals surface area contributed by atoms with Crippen molar-refractivity contribution in [2.24, 2.45) is 17.6 Å². The van der Waals surface area contributed by atoms with Crippen molar-refractivity contribution in [3.05, 3.63) is 58.1 Å². The Morgan fingerprint density at radius 3 is 2.49 bits per heavy atom. The van der Waals surface area contributed by atoms with Crippen LogP contribution in [0.3, 0.4) is 0 Å². The van der Waals surface area contributed by atoms with Crippen LogP contribution in [-0.2, 0) is 31.1 Å². The minimum Gasteiger partial charge on any atom is -0.370 e. The zero-order valence-electron chi connectivity index (χ0n) is 19.6. The number of unbranched alkanes of at least 4 members (excludes halogenated alkanes) is 1. The third-order valence-electron chi connectivity index (χ3n) is 7.52. The topological polar surface area (TPSA) is 122 Å². The lowest BCUT2D eigenvalue weighted by atomic mass is 9.76. The van der Waals surface area contributed by atoms with Crippen molar-refractivity contribution in [2.45, 2.75) is 51.1 Å². The van der Waals surface area contributed by atoms with E-state index >= 15 is 0 Å². The molecular weight excluding hydrogens is 468 g/mol. The Morgan fingerprint density at radius 1 is 1.11 bits per heavy atom. The number of hydrogen-bond acceptors (Lipinski definition) is 5. The smallest absolute Gasteiger partial charge is 0.250 e. The Labute approximate surface area is 208 Å². The summed E-state index contributed by atoms with van der Waals surface area (Å²) in [5.74, 6) is -3.93. The summed E-state index contributed by atoms with van der Waals surface area (Å²) in [7, 11) is 0. The second-order valence-corrected chi connectivity index (χ2v) is 9.97. The van der Waals surface area contributed by atoms with Crippen LogP contribution in [0.1, 0.15) is 42.9 Å². The Morgan fingerprint density at radius 2 is 1.83 bits per heavy atom. The molecule has 0 bridgehead atoms. The van der Waals surface area contributed by atoms with Crippen molar-refractivity contribution in [2.75, 3.05) is 10.2 Å². The molecule has 2 fully saturated rings. The average molecular weight is 495 g/mol. The van der Waals surface area contributed by atoms with Gasteiger partial charge in [0.1, 0.15) is 5.54 Å². The molecule has 0 unspecified atom stereocenters. The van der Waals surface area contributed by atoms with Crippen LogP contribution >= 0.6 is 11.6 Å². The van der Waals surface area contributed by atoms with E-state index in [0.717, 1.165) is 29.7 Å². The van der Waals surface area contributed by atoms with Gasteiger partial charge in [0.15, 0.2) is 0 Å². The molecule has 2 aromatic rings. The van der Waals surface area contributed by atoms with Crippen molar-refractivity contribution < 1.29 is 19.2 Å². The summed E-state index contributed by atoms with van der Waals surface area (Å²) in [6.45, 7) is 3.90. The molecule has 2 aromatic carbocycles. The van der Waals surface area contributed by atoms with Crippen LogP contribution in [0, 0.1) is 18.8 Å². The molecule has 4 atom stereocenters. The third-order valence-corrected chi connectivity index (χ3v) is 7.93. The molecule has 1 spiro atoms. The lowest BCUT2D eigenvalue weighted by Gasteiger charge is -2.29. The zero-order chi connectivity index (χ0) is 25.1. The van der Waals surface area contributed by atoms with E-state index in [2.05, 4.69) is 17.6 Å². The van der Waals surface area contributed by atoms with Gasteiger partial charge in [-0.3, -0.25) is 24.5 Å². The van der Waals surface area contributed by atoms with E-state index in [-0.39, 0.29) is 6.42 Å². The number of benzene rings is 2. The van der Waals surface area contributed by atoms with Gasteiger partial charge in [-0.05, 0) is 49.1 Å². The number of primary amides is 1. The number of halogens is 1. The van der Waals surface area contributed by atoms with Crippen LogP contribution in [0.4, 0.5) is 11.4 Å². The summed E-state index contributed by atoms with van der Waals surface area (Å²) in [5, 5.41) is 6.53. The maximum atomic E-state index is 13.9. The molecule has 8 nitrogen and oxygen atoms in total. The number of nitrogens with two attached hydrogens (primary N) is 1. The Hall–Kier alpha value is -3.23. The second-order valence-electron chi connectivity index (χ2n) is 9.56. The molecule has 182 valence electrons. The number of rotatable bonds is 6. The van der Waals surface area contributed by atoms with Gasteiger partial charge in [-0.25, -0.2) is 4.90 Å². The molecule has 3 aliphatic rings. The Bertz CT molecular complexity index is 1260. The fraction of sp³-hybridized carbons (Fsp3) is 0.385. The van der Waals surface area contributed by atoms with Crippen molar-refractivity contribution in [1.29, 1.82) is 0 Å². The number of carbonyl (C=O) groups is 4. The SMILES string of the molecule is CCCCc1ccc(N2C(=O)[C@@H]3[C@@H](C2=O)[C@@]2(N[C@@H]3CC(N)=O)C(=O)Nc3c2ccc(Cl)c3C)cc1.